The molecule has 4 nitrogen and oxygen atoms in total. The Morgan fingerprint density at radius 1 is 1.23 bits per heavy atom. The maximum absolute atomic E-state index is 12.6. The van der Waals surface area contributed by atoms with Crippen molar-refractivity contribution in [3.8, 4) is 0 Å². The third-order valence-corrected chi connectivity index (χ3v) is 4.76. The fourth-order valence-electron chi connectivity index (χ4n) is 2.26. The maximum atomic E-state index is 12.6. The monoisotopic (exact) mass is 498 g/mol. The molecular weight excluding hydrogens is 476 g/mol. The number of hydrogen-bond acceptors (Lipinski definition) is 3. The first-order valence-corrected chi connectivity index (χ1v) is 8.73. The molecule has 0 saturated heterocycles. The van der Waals surface area contributed by atoms with Crippen molar-refractivity contribution >= 4 is 41.3 Å². The van der Waals surface area contributed by atoms with Gasteiger partial charge in [0.1, 0.15) is 5.01 Å². The summed E-state index contributed by atoms with van der Waals surface area (Å²) in [4.78, 5) is 7.72. The second-order valence-corrected chi connectivity index (χ2v) is 6.63. The van der Waals surface area contributed by atoms with Crippen LogP contribution in [0.1, 0.15) is 36.0 Å². The highest BCUT2D eigenvalue weighted by Gasteiger charge is 2.33. The van der Waals surface area contributed by atoms with Crippen LogP contribution in [0, 0.1) is 0 Å². The lowest BCUT2D eigenvalue weighted by atomic mass is 9.94. The Kier molecular flexibility index (Phi) is 8.81. The van der Waals surface area contributed by atoms with Crippen LogP contribution in [-0.2, 0) is 12.7 Å². The second-order valence-electron chi connectivity index (χ2n) is 5.68. The molecule has 2 atom stereocenters. The van der Waals surface area contributed by atoms with Gasteiger partial charge in [-0.15, -0.1) is 35.3 Å². The lowest BCUT2D eigenvalue weighted by molar-refractivity contribution is -0.140. The molecule has 1 aromatic heterocycles. The summed E-state index contributed by atoms with van der Waals surface area (Å²) in [5.74, 6) is 0.774. The standard InChI is InChI=1S/C17H21F3N4S.HI/c1-11(13-7-5-4-6-8-13)12(2)23-16(21-3)22-9-15-24-14(10-25-15)17(18,19)20;/h4-8,10-12H,9H2,1-3H3,(H2,21,22,23);1H. The molecule has 0 bridgehead atoms. The van der Waals surface area contributed by atoms with E-state index in [4.69, 9.17) is 0 Å². The van der Waals surface area contributed by atoms with E-state index in [1.165, 1.54) is 5.56 Å². The molecule has 0 radical (unpaired) electrons. The maximum Gasteiger partial charge on any atom is 0.434 e. The third kappa shape index (κ3) is 6.42. The summed E-state index contributed by atoms with van der Waals surface area (Å²) in [6.45, 7) is 4.33. The van der Waals surface area contributed by atoms with Crippen molar-refractivity contribution in [3.63, 3.8) is 0 Å². The second kappa shape index (κ2) is 10.1. The molecule has 2 rings (SSSR count). The number of nitrogens with zero attached hydrogens (tertiary/aromatic N) is 2. The lowest BCUT2D eigenvalue weighted by Gasteiger charge is -2.23. The molecule has 1 heterocycles. The van der Waals surface area contributed by atoms with Gasteiger partial charge in [-0.25, -0.2) is 4.98 Å². The third-order valence-electron chi connectivity index (χ3n) is 3.91. The summed E-state index contributed by atoms with van der Waals surface area (Å²) in [5, 5.41) is 7.65. The quantitative estimate of drug-likeness (QED) is 0.359. The molecule has 0 aliphatic heterocycles. The number of nitrogens with one attached hydrogen (secondary N) is 2. The summed E-state index contributed by atoms with van der Waals surface area (Å²) in [6, 6.07) is 10.2. The minimum Gasteiger partial charge on any atom is -0.353 e. The smallest absolute Gasteiger partial charge is 0.353 e. The predicted molar refractivity (Wildman–Crippen MR) is 110 cm³/mol. The van der Waals surface area contributed by atoms with Crippen molar-refractivity contribution in [1.82, 2.24) is 15.6 Å². The average molecular weight is 498 g/mol. The van der Waals surface area contributed by atoms with Crippen LogP contribution in [-0.4, -0.2) is 24.0 Å². The van der Waals surface area contributed by atoms with Gasteiger partial charge in [-0.2, -0.15) is 13.2 Å². The molecule has 2 N–H and O–H groups in total. The van der Waals surface area contributed by atoms with E-state index in [-0.39, 0.29) is 42.5 Å². The SMILES string of the molecule is CN=C(NCc1nc(C(F)(F)F)cs1)NC(C)C(C)c1ccccc1.I. The number of benzene rings is 1. The number of halogens is 4. The van der Waals surface area contributed by atoms with E-state index >= 15 is 0 Å². The first kappa shape index (κ1) is 22.7. The molecule has 0 aliphatic rings. The van der Waals surface area contributed by atoms with E-state index in [1.807, 2.05) is 25.1 Å². The summed E-state index contributed by atoms with van der Waals surface area (Å²) in [6.07, 6.45) is -4.41. The molecule has 2 aromatic rings. The van der Waals surface area contributed by atoms with Gasteiger partial charge in [0.25, 0.3) is 0 Å². The van der Waals surface area contributed by atoms with Crippen LogP contribution < -0.4 is 10.6 Å². The van der Waals surface area contributed by atoms with E-state index in [0.717, 1.165) is 16.7 Å². The molecule has 2 unspecified atom stereocenters. The van der Waals surface area contributed by atoms with Crippen molar-refractivity contribution in [3.05, 3.63) is 52.0 Å². The first-order valence-electron chi connectivity index (χ1n) is 7.85. The fraction of sp³-hybridized carbons (Fsp3) is 0.412. The van der Waals surface area contributed by atoms with Crippen molar-refractivity contribution < 1.29 is 13.2 Å². The minimum atomic E-state index is -4.41. The van der Waals surface area contributed by atoms with E-state index in [9.17, 15) is 13.2 Å². The molecular formula is C17H22F3IN4S. The Bertz CT molecular complexity index is 704. The highest BCUT2D eigenvalue weighted by molar-refractivity contribution is 14.0. The van der Waals surface area contributed by atoms with Crippen LogP contribution in [0.3, 0.4) is 0 Å². The van der Waals surface area contributed by atoms with Crippen LogP contribution in [0.4, 0.5) is 13.2 Å². The van der Waals surface area contributed by atoms with Gasteiger partial charge in [0, 0.05) is 24.4 Å². The Morgan fingerprint density at radius 3 is 2.42 bits per heavy atom. The molecule has 0 spiro atoms. The van der Waals surface area contributed by atoms with Crippen LogP contribution >= 0.6 is 35.3 Å². The summed E-state index contributed by atoms with van der Waals surface area (Å²) in [5.41, 5.74) is 0.344. The van der Waals surface area contributed by atoms with E-state index in [2.05, 4.69) is 39.7 Å². The molecule has 0 aliphatic carbocycles. The first-order chi connectivity index (χ1) is 11.8. The van der Waals surface area contributed by atoms with Gasteiger partial charge < -0.3 is 10.6 Å². The lowest BCUT2D eigenvalue weighted by Crippen LogP contribution is -2.43. The number of alkyl halides is 3. The van der Waals surface area contributed by atoms with Gasteiger partial charge in [0.2, 0.25) is 0 Å². The zero-order valence-electron chi connectivity index (χ0n) is 14.7. The normalized spacial score (nSPS) is 14.3. The molecule has 0 saturated carbocycles. The number of hydrogen-bond donors (Lipinski definition) is 2. The molecule has 0 amide bonds. The summed E-state index contributed by atoms with van der Waals surface area (Å²) in [7, 11) is 1.62. The molecule has 0 fully saturated rings. The number of rotatable bonds is 5. The highest BCUT2D eigenvalue weighted by Crippen LogP contribution is 2.29. The van der Waals surface area contributed by atoms with Gasteiger partial charge in [-0.1, -0.05) is 37.3 Å². The van der Waals surface area contributed by atoms with Gasteiger partial charge in [-0.05, 0) is 12.5 Å². The number of aliphatic imine (C=N–C) groups is 1. The molecule has 26 heavy (non-hydrogen) atoms. The Hall–Kier alpha value is -1.36. The average Bonchev–Trinajstić information content (AvgIpc) is 3.08. The predicted octanol–water partition coefficient (Wildman–Crippen LogP) is 4.64. The van der Waals surface area contributed by atoms with Crippen molar-refractivity contribution in [1.29, 1.82) is 0 Å². The van der Waals surface area contributed by atoms with Gasteiger partial charge in [0.05, 0.1) is 6.54 Å². The van der Waals surface area contributed by atoms with Gasteiger partial charge in [-0.3, -0.25) is 4.99 Å². The van der Waals surface area contributed by atoms with Crippen LogP contribution in [0.5, 0.6) is 0 Å². The Morgan fingerprint density at radius 2 is 1.88 bits per heavy atom. The van der Waals surface area contributed by atoms with E-state index in [1.54, 1.807) is 7.05 Å². The molecule has 144 valence electrons. The van der Waals surface area contributed by atoms with Crippen molar-refractivity contribution in [2.24, 2.45) is 4.99 Å². The minimum absolute atomic E-state index is 0. The summed E-state index contributed by atoms with van der Waals surface area (Å²) < 4.78 is 37.7. The number of guanidine groups is 1. The zero-order chi connectivity index (χ0) is 18.4. The van der Waals surface area contributed by atoms with Crippen molar-refractivity contribution in [2.45, 2.75) is 38.5 Å². The van der Waals surface area contributed by atoms with Crippen LogP contribution in [0.15, 0.2) is 40.7 Å². The Labute approximate surface area is 172 Å². The van der Waals surface area contributed by atoms with Crippen molar-refractivity contribution in [2.75, 3.05) is 7.05 Å². The van der Waals surface area contributed by atoms with Gasteiger partial charge in [0.15, 0.2) is 11.7 Å². The van der Waals surface area contributed by atoms with E-state index in [0.29, 0.717) is 11.0 Å². The number of thiazole rings is 1. The highest BCUT2D eigenvalue weighted by atomic mass is 127. The number of aromatic nitrogens is 1. The van der Waals surface area contributed by atoms with Gasteiger partial charge >= 0.3 is 6.18 Å². The summed E-state index contributed by atoms with van der Waals surface area (Å²) >= 11 is 0.975. The fourth-order valence-corrected chi connectivity index (χ4v) is 3.00. The molecule has 1 aromatic carbocycles. The topological polar surface area (TPSA) is 49.3 Å². The largest absolute Gasteiger partial charge is 0.434 e. The zero-order valence-corrected chi connectivity index (χ0v) is 17.8. The van der Waals surface area contributed by atoms with Crippen LogP contribution in [0.2, 0.25) is 0 Å². The van der Waals surface area contributed by atoms with Crippen LogP contribution in [0.25, 0.3) is 0 Å². The Balaban J connectivity index is 0.00000338. The van der Waals surface area contributed by atoms with E-state index < -0.39 is 11.9 Å². The molecule has 9 heteroatoms.